The number of hydrogen-bond acceptors (Lipinski definition) is 3. The highest BCUT2D eigenvalue weighted by Crippen LogP contribution is 2.33. The van der Waals surface area contributed by atoms with E-state index in [-0.39, 0.29) is 10.5 Å². The average Bonchev–Trinajstić information content (AvgIpc) is 3.03. The molecule has 0 N–H and O–H groups in total. The molecule has 1 saturated heterocycles. The van der Waals surface area contributed by atoms with Crippen LogP contribution in [0.1, 0.15) is 17.5 Å². The first-order valence-electron chi connectivity index (χ1n) is 7.42. The minimum Gasteiger partial charge on any atom is -0.377 e. The lowest BCUT2D eigenvalue weighted by Crippen LogP contribution is -2.01. The summed E-state index contributed by atoms with van der Waals surface area (Å²) in [5, 5.41) is 0. The van der Waals surface area contributed by atoms with Crippen LogP contribution in [0, 0.1) is 11.6 Å². The van der Waals surface area contributed by atoms with Gasteiger partial charge in [-0.3, -0.25) is 0 Å². The third-order valence-corrected chi connectivity index (χ3v) is 5.08. The molecule has 0 atom stereocenters. The van der Waals surface area contributed by atoms with Crippen molar-refractivity contribution >= 4 is 15.4 Å². The molecule has 0 aromatic heterocycles. The van der Waals surface area contributed by atoms with E-state index >= 15 is 0 Å². The molecular formula is C18H16F2O3S. The van der Waals surface area contributed by atoms with Gasteiger partial charge >= 0.3 is 0 Å². The van der Waals surface area contributed by atoms with Gasteiger partial charge in [0.1, 0.15) is 11.6 Å². The van der Waals surface area contributed by atoms with Crippen LogP contribution in [-0.2, 0) is 14.6 Å². The largest absolute Gasteiger partial charge is 0.377 e. The molecular weight excluding hydrogens is 334 g/mol. The Balaban J connectivity index is 2.15. The second-order valence-corrected chi connectivity index (χ2v) is 7.72. The molecule has 0 radical (unpaired) electrons. The van der Waals surface area contributed by atoms with Crippen molar-refractivity contribution in [2.24, 2.45) is 0 Å². The van der Waals surface area contributed by atoms with Crippen molar-refractivity contribution in [1.29, 1.82) is 0 Å². The zero-order chi connectivity index (χ0) is 17.3. The van der Waals surface area contributed by atoms with Crippen LogP contribution in [0.25, 0.3) is 5.57 Å². The Bertz CT molecular complexity index is 892. The summed E-state index contributed by atoms with van der Waals surface area (Å²) in [6, 6.07) is 9.70. The van der Waals surface area contributed by atoms with Gasteiger partial charge in [0.05, 0.1) is 18.1 Å². The Morgan fingerprint density at radius 2 is 1.79 bits per heavy atom. The molecule has 3 rings (SSSR count). The summed E-state index contributed by atoms with van der Waals surface area (Å²) in [6.07, 6.45) is 1.78. The fourth-order valence-corrected chi connectivity index (χ4v) is 3.40. The highest BCUT2D eigenvalue weighted by Gasteiger charge is 2.20. The normalized spacial score (nSPS) is 17.1. The number of sulfone groups is 1. The van der Waals surface area contributed by atoms with E-state index in [0.29, 0.717) is 30.8 Å². The van der Waals surface area contributed by atoms with Gasteiger partial charge in [-0.25, -0.2) is 17.2 Å². The number of halogens is 2. The summed E-state index contributed by atoms with van der Waals surface area (Å²) in [5.41, 5.74) is 2.50. The van der Waals surface area contributed by atoms with Crippen molar-refractivity contribution in [3.8, 4) is 0 Å². The first kappa shape index (κ1) is 16.8. The van der Waals surface area contributed by atoms with E-state index in [1.54, 1.807) is 12.1 Å². The molecule has 0 spiro atoms. The van der Waals surface area contributed by atoms with E-state index in [9.17, 15) is 17.2 Å². The maximum absolute atomic E-state index is 14.3. The lowest BCUT2D eigenvalue weighted by atomic mass is 9.92. The predicted molar refractivity (Wildman–Crippen MR) is 87.4 cm³/mol. The number of ether oxygens (including phenoxy) is 1. The number of hydrogen-bond donors (Lipinski definition) is 0. The fourth-order valence-electron chi connectivity index (χ4n) is 2.77. The summed E-state index contributed by atoms with van der Waals surface area (Å²) >= 11 is 0. The van der Waals surface area contributed by atoms with Crippen LogP contribution in [0.2, 0.25) is 0 Å². The molecule has 2 aromatic rings. The summed E-state index contributed by atoms with van der Waals surface area (Å²) < 4.78 is 56.1. The zero-order valence-corrected chi connectivity index (χ0v) is 13.9. The Hall–Kier alpha value is -2.05. The van der Waals surface area contributed by atoms with Crippen molar-refractivity contribution in [2.45, 2.75) is 11.3 Å². The van der Waals surface area contributed by atoms with Gasteiger partial charge in [0.2, 0.25) is 0 Å². The minimum atomic E-state index is -3.31. The Morgan fingerprint density at radius 3 is 2.33 bits per heavy atom. The Kier molecular flexibility index (Phi) is 4.51. The van der Waals surface area contributed by atoms with Crippen molar-refractivity contribution in [3.05, 3.63) is 70.8 Å². The second-order valence-electron chi connectivity index (χ2n) is 5.70. The van der Waals surface area contributed by atoms with Gasteiger partial charge in [-0.15, -0.1) is 0 Å². The van der Waals surface area contributed by atoms with Crippen LogP contribution < -0.4 is 0 Å². The molecule has 6 heteroatoms. The highest BCUT2D eigenvalue weighted by molar-refractivity contribution is 7.90. The van der Waals surface area contributed by atoms with E-state index in [4.69, 9.17) is 4.74 Å². The topological polar surface area (TPSA) is 43.4 Å². The summed E-state index contributed by atoms with van der Waals surface area (Å²) in [4.78, 5) is 0.192. The highest BCUT2D eigenvalue weighted by atomic mass is 32.2. The van der Waals surface area contributed by atoms with Gasteiger partial charge in [-0.1, -0.05) is 12.1 Å². The lowest BCUT2D eigenvalue weighted by molar-refractivity contribution is 0.205. The van der Waals surface area contributed by atoms with E-state index in [0.717, 1.165) is 17.9 Å². The Labute approximate surface area is 139 Å². The van der Waals surface area contributed by atoms with Gasteiger partial charge in [-0.2, -0.15) is 0 Å². The summed E-state index contributed by atoms with van der Waals surface area (Å²) in [7, 11) is -3.31. The molecule has 1 heterocycles. The smallest absolute Gasteiger partial charge is 0.175 e. The molecule has 0 aliphatic carbocycles. The maximum atomic E-state index is 14.3. The molecule has 0 amide bonds. The molecule has 126 valence electrons. The molecule has 1 fully saturated rings. The molecule has 0 saturated carbocycles. The average molecular weight is 350 g/mol. The second kappa shape index (κ2) is 6.45. The summed E-state index contributed by atoms with van der Waals surface area (Å²) in [5.74, 6) is -1.30. The van der Waals surface area contributed by atoms with Gasteiger partial charge in [0, 0.05) is 17.9 Å². The third-order valence-electron chi connectivity index (χ3n) is 3.95. The molecule has 1 aliphatic heterocycles. The molecule has 3 nitrogen and oxygen atoms in total. The van der Waals surface area contributed by atoms with E-state index < -0.39 is 21.5 Å². The van der Waals surface area contributed by atoms with Crippen LogP contribution in [0.15, 0.2) is 52.9 Å². The van der Waals surface area contributed by atoms with Crippen molar-refractivity contribution in [2.75, 3.05) is 19.5 Å². The van der Waals surface area contributed by atoms with Crippen LogP contribution in [0.5, 0.6) is 0 Å². The van der Waals surface area contributed by atoms with Crippen LogP contribution >= 0.6 is 0 Å². The molecule has 2 aromatic carbocycles. The molecule has 1 aliphatic rings. The predicted octanol–water partition coefficient (Wildman–Crippen LogP) is 3.59. The zero-order valence-electron chi connectivity index (χ0n) is 13.1. The molecule has 0 bridgehead atoms. The van der Waals surface area contributed by atoms with Crippen LogP contribution in [-0.4, -0.2) is 27.9 Å². The van der Waals surface area contributed by atoms with Crippen molar-refractivity contribution < 1.29 is 21.9 Å². The van der Waals surface area contributed by atoms with Gasteiger partial charge in [0.15, 0.2) is 9.84 Å². The first-order valence-corrected chi connectivity index (χ1v) is 9.31. The van der Waals surface area contributed by atoms with Crippen molar-refractivity contribution in [1.82, 2.24) is 0 Å². The summed E-state index contributed by atoms with van der Waals surface area (Å²) in [6.45, 7) is 0.920. The van der Waals surface area contributed by atoms with Crippen LogP contribution in [0.4, 0.5) is 8.78 Å². The number of rotatable bonds is 3. The fraction of sp³-hybridized carbons (Fsp3) is 0.222. The van der Waals surface area contributed by atoms with E-state index in [2.05, 4.69) is 0 Å². The number of benzene rings is 2. The quantitative estimate of drug-likeness (QED) is 0.850. The Morgan fingerprint density at radius 1 is 1.08 bits per heavy atom. The van der Waals surface area contributed by atoms with E-state index in [1.807, 2.05) is 0 Å². The molecule has 0 unspecified atom stereocenters. The lowest BCUT2D eigenvalue weighted by Gasteiger charge is -2.13. The standard InChI is InChI=1S/C18H16F2O3S/c1-24(21,22)15-5-2-12(3-6-15)18(13-8-9-23-11-13)16-7-4-14(19)10-17(16)20/h2-7,10H,8-9,11H2,1H3/b18-13-. The van der Waals surface area contributed by atoms with E-state index in [1.165, 1.54) is 24.3 Å². The van der Waals surface area contributed by atoms with Gasteiger partial charge in [-0.05, 0) is 47.4 Å². The maximum Gasteiger partial charge on any atom is 0.175 e. The molecule has 24 heavy (non-hydrogen) atoms. The van der Waals surface area contributed by atoms with Gasteiger partial charge < -0.3 is 4.74 Å². The monoisotopic (exact) mass is 350 g/mol. The van der Waals surface area contributed by atoms with Gasteiger partial charge in [0.25, 0.3) is 0 Å². The minimum absolute atomic E-state index is 0.192. The van der Waals surface area contributed by atoms with Crippen LogP contribution in [0.3, 0.4) is 0 Å². The first-order chi connectivity index (χ1) is 11.4. The third kappa shape index (κ3) is 3.39. The van der Waals surface area contributed by atoms with Crippen molar-refractivity contribution in [3.63, 3.8) is 0 Å². The SMILES string of the molecule is CS(=O)(=O)c1ccc(/C(=C2\CCOC2)c2ccc(F)cc2F)cc1.